The summed E-state index contributed by atoms with van der Waals surface area (Å²) in [6, 6.07) is 12.5. The molecule has 1 fully saturated rings. The highest BCUT2D eigenvalue weighted by atomic mass is 35.5. The third kappa shape index (κ3) is 5.19. The molecule has 0 unspecified atom stereocenters. The Morgan fingerprint density at radius 3 is 2.50 bits per heavy atom. The minimum absolute atomic E-state index is 0.149. The number of fused-ring (bicyclic) bond motifs is 3. The summed E-state index contributed by atoms with van der Waals surface area (Å²) in [7, 11) is 5.11. The van der Waals surface area contributed by atoms with Crippen LogP contribution >= 0.6 is 11.6 Å². The third-order valence-electron chi connectivity index (χ3n) is 7.98. The Balaban J connectivity index is 1.75. The molecular weight excluding hydrogens is 556 g/mol. The van der Waals surface area contributed by atoms with E-state index in [4.69, 9.17) is 16.6 Å². The number of carboxylic acid groups (broad SMARTS) is 1. The zero-order chi connectivity index (χ0) is 30.5. The summed E-state index contributed by atoms with van der Waals surface area (Å²) in [4.78, 5) is 49.3. The van der Waals surface area contributed by atoms with Crippen molar-refractivity contribution in [3.8, 4) is 0 Å². The molecule has 5 rings (SSSR count). The van der Waals surface area contributed by atoms with E-state index in [1.807, 2.05) is 49.6 Å². The minimum Gasteiger partial charge on any atom is -0.465 e. The average molecular weight is 593 g/mol. The zero-order valence-electron chi connectivity index (χ0n) is 24.9. The number of piperidine rings is 1. The topological polar surface area (TPSA) is 104 Å². The maximum Gasteiger partial charge on any atom is 0.408 e. The highest BCUT2D eigenvalue weighted by molar-refractivity contribution is 6.31. The molecule has 1 aliphatic heterocycles. The van der Waals surface area contributed by atoms with Gasteiger partial charge in [0.2, 0.25) is 5.95 Å². The van der Waals surface area contributed by atoms with Gasteiger partial charge in [-0.3, -0.25) is 14.5 Å². The summed E-state index contributed by atoms with van der Waals surface area (Å²) in [6.45, 7) is 7.08. The third-order valence-corrected chi connectivity index (χ3v) is 8.35. The lowest BCUT2D eigenvalue weighted by Gasteiger charge is -2.44. The van der Waals surface area contributed by atoms with Crippen LogP contribution in [-0.2, 0) is 13.6 Å². The molecule has 4 aromatic rings. The van der Waals surface area contributed by atoms with Crippen LogP contribution in [0.2, 0.25) is 5.02 Å². The van der Waals surface area contributed by atoms with Gasteiger partial charge in [-0.25, -0.2) is 9.78 Å². The van der Waals surface area contributed by atoms with Crippen LogP contribution in [0.4, 0.5) is 10.7 Å². The fourth-order valence-electron chi connectivity index (χ4n) is 6.05. The summed E-state index contributed by atoms with van der Waals surface area (Å²) >= 11 is 6.59. The van der Waals surface area contributed by atoms with Crippen molar-refractivity contribution in [2.75, 3.05) is 32.1 Å². The zero-order valence-corrected chi connectivity index (χ0v) is 25.6. The number of aromatic nitrogens is 3. The van der Waals surface area contributed by atoms with Crippen LogP contribution in [0.15, 0.2) is 47.3 Å². The fourth-order valence-corrected chi connectivity index (χ4v) is 6.24. The molecule has 42 heavy (non-hydrogen) atoms. The van der Waals surface area contributed by atoms with Crippen molar-refractivity contribution in [1.82, 2.24) is 23.9 Å². The molecule has 2 aromatic carbocycles. The molecule has 1 atom stereocenters. The first kappa shape index (κ1) is 29.4. The number of pyridine rings is 1. The van der Waals surface area contributed by atoms with Gasteiger partial charge in [-0.1, -0.05) is 29.8 Å². The molecule has 3 heterocycles. The SMILES string of the molecule is CN(C)C(=O)c1ccc2c(c1)c1nc(N3CCC[C@@H](N(C(=O)O)C(C)(C)C)C3)n(Cc3ccccc3Cl)c1c(=O)n2C. The van der Waals surface area contributed by atoms with Crippen LogP contribution in [0, 0.1) is 0 Å². The number of aryl methyl sites for hydroxylation is 1. The van der Waals surface area contributed by atoms with E-state index in [1.54, 1.807) is 43.9 Å². The molecule has 0 bridgehead atoms. The van der Waals surface area contributed by atoms with Gasteiger partial charge in [0.15, 0.2) is 0 Å². The molecular formula is C31H37ClN6O4. The lowest BCUT2D eigenvalue weighted by Crippen LogP contribution is -2.57. The number of hydrogen-bond donors (Lipinski definition) is 1. The number of carbonyl (C=O) groups excluding carboxylic acids is 1. The van der Waals surface area contributed by atoms with Gasteiger partial charge in [0.05, 0.1) is 18.1 Å². The van der Waals surface area contributed by atoms with Gasteiger partial charge < -0.3 is 24.0 Å². The first-order chi connectivity index (χ1) is 19.8. The normalized spacial score (nSPS) is 15.8. The predicted octanol–water partition coefficient (Wildman–Crippen LogP) is 5.04. The van der Waals surface area contributed by atoms with E-state index in [2.05, 4.69) is 4.90 Å². The highest BCUT2D eigenvalue weighted by Gasteiger charge is 2.37. The van der Waals surface area contributed by atoms with Gasteiger partial charge in [0.25, 0.3) is 11.5 Å². The Kier molecular flexibility index (Phi) is 7.70. The van der Waals surface area contributed by atoms with Crippen molar-refractivity contribution in [2.45, 2.75) is 51.7 Å². The van der Waals surface area contributed by atoms with E-state index in [0.717, 1.165) is 18.4 Å². The molecule has 0 aliphatic carbocycles. The largest absolute Gasteiger partial charge is 0.465 e. The van der Waals surface area contributed by atoms with Gasteiger partial charge in [0, 0.05) is 55.7 Å². The summed E-state index contributed by atoms with van der Waals surface area (Å²) in [5.41, 5.74) is 2.09. The Hall–Kier alpha value is -4.05. The number of amides is 2. The number of anilines is 1. The molecule has 1 aliphatic rings. The molecule has 11 heteroatoms. The molecule has 0 saturated carbocycles. The highest BCUT2D eigenvalue weighted by Crippen LogP contribution is 2.32. The summed E-state index contributed by atoms with van der Waals surface area (Å²) in [6.07, 6.45) is 0.530. The van der Waals surface area contributed by atoms with Gasteiger partial charge in [-0.15, -0.1) is 0 Å². The predicted molar refractivity (Wildman–Crippen MR) is 166 cm³/mol. The molecule has 1 N–H and O–H groups in total. The van der Waals surface area contributed by atoms with Gasteiger partial charge >= 0.3 is 6.09 Å². The molecule has 10 nitrogen and oxygen atoms in total. The van der Waals surface area contributed by atoms with Crippen molar-refractivity contribution in [2.24, 2.45) is 7.05 Å². The monoisotopic (exact) mass is 592 g/mol. The number of carbonyl (C=O) groups is 2. The Morgan fingerprint density at radius 1 is 1.14 bits per heavy atom. The number of halogens is 1. The van der Waals surface area contributed by atoms with E-state index in [0.29, 0.717) is 58.1 Å². The fraction of sp³-hybridized carbons (Fsp3) is 0.419. The minimum atomic E-state index is -0.961. The maximum absolute atomic E-state index is 13.9. The molecule has 1 saturated heterocycles. The summed E-state index contributed by atoms with van der Waals surface area (Å²) in [5.74, 6) is 0.423. The first-order valence-electron chi connectivity index (χ1n) is 14.0. The summed E-state index contributed by atoms with van der Waals surface area (Å²) in [5, 5.41) is 11.4. The second-order valence-electron chi connectivity index (χ2n) is 12.1. The van der Waals surface area contributed by atoms with Crippen molar-refractivity contribution >= 4 is 51.5 Å². The van der Waals surface area contributed by atoms with E-state index < -0.39 is 11.6 Å². The van der Waals surface area contributed by atoms with Gasteiger partial charge in [-0.2, -0.15) is 0 Å². The Labute approximate surface area is 249 Å². The maximum atomic E-state index is 13.9. The lowest BCUT2D eigenvalue weighted by atomic mass is 9.98. The Bertz CT molecular complexity index is 1750. The van der Waals surface area contributed by atoms with E-state index >= 15 is 0 Å². The van der Waals surface area contributed by atoms with E-state index in [-0.39, 0.29) is 17.5 Å². The van der Waals surface area contributed by atoms with E-state index in [9.17, 15) is 19.5 Å². The van der Waals surface area contributed by atoms with Crippen LogP contribution in [0.25, 0.3) is 21.9 Å². The van der Waals surface area contributed by atoms with Crippen LogP contribution in [-0.4, -0.2) is 79.8 Å². The van der Waals surface area contributed by atoms with Crippen LogP contribution in [0.5, 0.6) is 0 Å². The van der Waals surface area contributed by atoms with Crippen LogP contribution in [0.1, 0.15) is 49.5 Å². The lowest BCUT2D eigenvalue weighted by molar-refractivity contribution is 0.0645. The molecule has 2 aromatic heterocycles. The number of nitrogens with zero attached hydrogens (tertiary/aromatic N) is 6. The van der Waals surface area contributed by atoms with Crippen molar-refractivity contribution < 1.29 is 14.7 Å². The molecule has 222 valence electrons. The van der Waals surface area contributed by atoms with Crippen molar-refractivity contribution in [3.63, 3.8) is 0 Å². The Morgan fingerprint density at radius 2 is 1.86 bits per heavy atom. The molecule has 0 radical (unpaired) electrons. The molecule has 2 amide bonds. The van der Waals surface area contributed by atoms with Gasteiger partial charge in [-0.05, 0) is 63.4 Å². The first-order valence-corrected chi connectivity index (χ1v) is 14.4. The van der Waals surface area contributed by atoms with Crippen LogP contribution in [0.3, 0.4) is 0 Å². The second-order valence-corrected chi connectivity index (χ2v) is 12.6. The quantitative estimate of drug-likeness (QED) is 0.348. The van der Waals surface area contributed by atoms with E-state index in [1.165, 1.54) is 9.80 Å². The standard InChI is InChI=1S/C31H37ClN6O4/c1-31(2,3)38(30(41)42)21-11-9-15-36(18-21)29-33-25-22-16-19(27(39)34(4)5)13-14-24(22)35(6)28(40)26(25)37(29)17-20-10-7-8-12-23(20)32/h7-8,10,12-14,16,21H,9,11,15,17-18H2,1-6H3,(H,41,42)/t21-/m1/s1. The molecule has 0 spiro atoms. The number of rotatable bonds is 5. The van der Waals surface area contributed by atoms with Crippen molar-refractivity contribution in [1.29, 1.82) is 0 Å². The number of benzene rings is 2. The average Bonchev–Trinajstić information content (AvgIpc) is 3.31. The second kappa shape index (κ2) is 11.0. The van der Waals surface area contributed by atoms with Gasteiger partial charge in [0.1, 0.15) is 11.0 Å². The van der Waals surface area contributed by atoms with Crippen LogP contribution < -0.4 is 10.5 Å². The number of hydrogen-bond acceptors (Lipinski definition) is 5. The smallest absolute Gasteiger partial charge is 0.408 e. The summed E-state index contributed by atoms with van der Waals surface area (Å²) < 4.78 is 3.48. The van der Waals surface area contributed by atoms with Crippen molar-refractivity contribution in [3.05, 3.63) is 69.0 Å². The number of imidazole rings is 1.